The molecule has 0 bridgehead atoms. The van der Waals surface area contributed by atoms with Crippen molar-refractivity contribution in [2.24, 2.45) is 0 Å². The first-order valence-corrected chi connectivity index (χ1v) is 4.63. The molecule has 1 aromatic carbocycles. The number of aliphatic hydroxyl groups excluding tert-OH is 1. The molecule has 3 nitrogen and oxygen atoms in total. The number of rotatable bonds is 3. The van der Waals surface area contributed by atoms with Crippen molar-refractivity contribution < 1.29 is 9.84 Å². The number of aliphatic hydroxyl groups is 1. The van der Waals surface area contributed by atoms with Crippen LogP contribution < -0.4 is 4.74 Å². The molecule has 14 heavy (non-hydrogen) atoms. The monoisotopic (exact) mass is 191 g/mol. The van der Waals surface area contributed by atoms with Gasteiger partial charge in [0.1, 0.15) is 12.4 Å². The maximum atomic E-state index is 8.67. The smallest absolute Gasteiger partial charge is 0.143 e. The lowest BCUT2D eigenvalue weighted by atomic mass is 10.1. The molecule has 2 N–H and O–H groups in total. The minimum atomic E-state index is 0.0378. The van der Waals surface area contributed by atoms with Crippen molar-refractivity contribution in [2.45, 2.75) is 6.92 Å². The maximum Gasteiger partial charge on any atom is 0.143 e. The van der Waals surface area contributed by atoms with Crippen LogP contribution in [0.2, 0.25) is 0 Å². The molecule has 3 heteroatoms. The average molecular weight is 191 g/mol. The van der Waals surface area contributed by atoms with Gasteiger partial charge >= 0.3 is 0 Å². The van der Waals surface area contributed by atoms with E-state index in [1.807, 2.05) is 24.4 Å². The van der Waals surface area contributed by atoms with Crippen LogP contribution in [0.4, 0.5) is 0 Å². The number of nitrogens with one attached hydrogen (secondary N) is 1. The highest BCUT2D eigenvalue weighted by atomic mass is 16.5. The number of aryl methyl sites for hydroxylation is 1. The third kappa shape index (κ3) is 1.46. The van der Waals surface area contributed by atoms with Gasteiger partial charge in [-0.05, 0) is 24.6 Å². The van der Waals surface area contributed by atoms with Crippen molar-refractivity contribution >= 4 is 10.9 Å². The standard InChI is InChI=1S/C11H13NO2/c1-8-2-3-10(14-7-6-13)11-9(8)4-5-12-11/h2-5,12-13H,6-7H2,1H3. The molecular formula is C11H13NO2. The van der Waals surface area contributed by atoms with Crippen LogP contribution in [0.15, 0.2) is 24.4 Å². The van der Waals surface area contributed by atoms with E-state index in [-0.39, 0.29) is 6.61 Å². The van der Waals surface area contributed by atoms with Gasteiger partial charge < -0.3 is 14.8 Å². The van der Waals surface area contributed by atoms with E-state index in [1.54, 1.807) is 0 Å². The largest absolute Gasteiger partial charge is 0.489 e. The predicted molar refractivity (Wildman–Crippen MR) is 55.6 cm³/mol. The Kier molecular flexibility index (Phi) is 2.41. The molecule has 74 valence electrons. The second-order valence-electron chi connectivity index (χ2n) is 3.22. The summed E-state index contributed by atoms with van der Waals surface area (Å²) < 4.78 is 5.40. The molecule has 0 unspecified atom stereocenters. The van der Waals surface area contributed by atoms with E-state index in [0.29, 0.717) is 6.61 Å². The van der Waals surface area contributed by atoms with Crippen LogP contribution in [0, 0.1) is 6.92 Å². The Morgan fingerprint density at radius 3 is 3.00 bits per heavy atom. The zero-order valence-electron chi connectivity index (χ0n) is 8.08. The Labute approximate surface area is 82.3 Å². The lowest BCUT2D eigenvalue weighted by molar-refractivity contribution is 0.202. The highest BCUT2D eigenvalue weighted by Crippen LogP contribution is 2.26. The number of fused-ring (bicyclic) bond motifs is 1. The average Bonchev–Trinajstić information content (AvgIpc) is 2.66. The van der Waals surface area contributed by atoms with Crippen molar-refractivity contribution in [3.63, 3.8) is 0 Å². The van der Waals surface area contributed by atoms with E-state index in [4.69, 9.17) is 9.84 Å². The molecule has 0 radical (unpaired) electrons. The molecule has 0 aliphatic carbocycles. The molecule has 0 aliphatic heterocycles. The van der Waals surface area contributed by atoms with Gasteiger partial charge in [-0.1, -0.05) is 6.07 Å². The molecule has 0 saturated carbocycles. The first-order chi connectivity index (χ1) is 6.83. The molecule has 2 aromatic rings. The van der Waals surface area contributed by atoms with Gasteiger partial charge in [0.05, 0.1) is 12.1 Å². The normalized spacial score (nSPS) is 10.7. The summed E-state index contributed by atoms with van der Waals surface area (Å²) >= 11 is 0. The van der Waals surface area contributed by atoms with Crippen molar-refractivity contribution in [1.82, 2.24) is 4.98 Å². The van der Waals surface area contributed by atoms with Gasteiger partial charge in [0, 0.05) is 11.6 Å². The third-order valence-electron chi connectivity index (χ3n) is 2.25. The summed E-state index contributed by atoms with van der Waals surface area (Å²) in [6, 6.07) is 5.96. The van der Waals surface area contributed by atoms with Crippen molar-refractivity contribution in [2.75, 3.05) is 13.2 Å². The Morgan fingerprint density at radius 1 is 1.36 bits per heavy atom. The second kappa shape index (κ2) is 3.72. The molecule has 0 spiro atoms. The Hall–Kier alpha value is -1.48. The molecule has 0 fully saturated rings. The maximum absolute atomic E-state index is 8.67. The minimum Gasteiger partial charge on any atom is -0.489 e. The fourth-order valence-corrected chi connectivity index (χ4v) is 1.55. The van der Waals surface area contributed by atoms with Gasteiger partial charge in [0.15, 0.2) is 0 Å². The lowest BCUT2D eigenvalue weighted by Crippen LogP contribution is -2.02. The highest BCUT2D eigenvalue weighted by molar-refractivity contribution is 5.88. The second-order valence-corrected chi connectivity index (χ2v) is 3.22. The molecule has 2 rings (SSSR count). The van der Waals surface area contributed by atoms with E-state index >= 15 is 0 Å². The van der Waals surface area contributed by atoms with Crippen LogP contribution in [-0.4, -0.2) is 23.3 Å². The molecule has 0 atom stereocenters. The molecule has 1 aromatic heterocycles. The zero-order chi connectivity index (χ0) is 9.97. The summed E-state index contributed by atoms with van der Waals surface area (Å²) in [4.78, 5) is 3.13. The Balaban J connectivity index is 2.45. The van der Waals surface area contributed by atoms with E-state index in [2.05, 4.69) is 11.9 Å². The number of hydrogen-bond donors (Lipinski definition) is 2. The number of ether oxygens (including phenoxy) is 1. The van der Waals surface area contributed by atoms with Crippen molar-refractivity contribution in [1.29, 1.82) is 0 Å². The van der Waals surface area contributed by atoms with Gasteiger partial charge in [0.2, 0.25) is 0 Å². The Morgan fingerprint density at radius 2 is 2.21 bits per heavy atom. The summed E-state index contributed by atoms with van der Waals surface area (Å²) in [6.07, 6.45) is 1.89. The first kappa shape index (κ1) is 9.09. The van der Waals surface area contributed by atoms with Gasteiger partial charge in [-0.25, -0.2) is 0 Å². The molecule has 0 saturated heterocycles. The minimum absolute atomic E-state index is 0.0378. The van der Waals surface area contributed by atoms with Crippen molar-refractivity contribution in [3.8, 4) is 5.75 Å². The zero-order valence-corrected chi connectivity index (χ0v) is 8.08. The summed E-state index contributed by atoms with van der Waals surface area (Å²) in [6.45, 7) is 2.43. The summed E-state index contributed by atoms with van der Waals surface area (Å²) in [5.74, 6) is 0.796. The third-order valence-corrected chi connectivity index (χ3v) is 2.25. The molecule has 0 aliphatic rings. The molecule has 0 amide bonds. The van der Waals surface area contributed by atoms with E-state index < -0.39 is 0 Å². The van der Waals surface area contributed by atoms with Gasteiger partial charge in [-0.3, -0.25) is 0 Å². The van der Waals surface area contributed by atoms with Crippen LogP contribution >= 0.6 is 0 Å². The van der Waals surface area contributed by atoms with E-state index in [0.717, 1.165) is 11.3 Å². The highest BCUT2D eigenvalue weighted by Gasteiger charge is 2.04. The fraction of sp³-hybridized carbons (Fsp3) is 0.273. The summed E-state index contributed by atoms with van der Waals surface area (Å²) in [5, 5.41) is 9.84. The first-order valence-electron chi connectivity index (χ1n) is 4.63. The fourth-order valence-electron chi connectivity index (χ4n) is 1.55. The van der Waals surface area contributed by atoms with Gasteiger partial charge in [-0.15, -0.1) is 0 Å². The number of benzene rings is 1. The van der Waals surface area contributed by atoms with Gasteiger partial charge in [0.25, 0.3) is 0 Å². The van der Waals surface area contributed by atoms with E-state index in [9.17, 15) is 0 Å². The number of hydrogen-bond acceptors (Lipinski definition) is 2. The SMILES string of the molecule is Cc1ccc(OCCO)c2[nH]ccc12. The van der Waals surface area contributed by atoms with Crippen molar-refractivity contribution in [3.05, 3.63) is 30.0 Å². The number of aromatic nitrogens is 1. The molecule has 1 heterocycles. The summed E-state index contributed by atoms with van der Waals surface area (Å²) in [7, 11) is 0. The molecular weight excluding hydrogens is 178 g/mol. The van der Waals surface area contributed by atoms with Crippen LogP contribution in [-0.2, 0) is 0 Å². The topological polar surface area (TPSA) is 45.2 Å². The van der Waals surface area contributed by atoms with Crippen LogP contribution in [0.1, 0.15) is 5.56 Å². The number of aromatic amines is 1. The van der Waals surface area contributed by atoms with E-state index in [1.165, 1.54) is 10.9 Å². The van der Waals surface area contributed by atoms with Gasteiger partial charge in [-0.2, -0.15) is 0 Å². The van der Waals surface area contributed by atoms with Crippen LogP contribution in [0.25, 0.3) is 10.9 Å². The number of H-pyrrole nitrogens is 1. The summed E-state index contributed by atoms with van der Waals surface area (Å²) in [5.41, 5.74) is 2.22. The quantitative estimate of drug-likeness (QED) is 0.777. The van der Waals surface area contributed by atoms with Crippen LogP contribution in [0.3, 0.4) is 0 Å². The Bertz CT molecular complexity index is 434. The van der Waals surface area contributed by atoms with Crippen LogP contribution in [0.5, 0.6) is 5.75 Å². The lowest BCUT2D eigenvalue weighted by Gasteiger charge is -2.06. The predicted octanol–water partition coefficient (Wildman–Crippen LogP) is 1.85.